The molecule has 0 bridgehead atoms. The van der Waals surface area contributed by atoms with Crippen LogP contribution in [0.5, 0.6) is 11.5 Å². The molecule has 0 saturated heterocycles. The highest BCUT2D eigenvalue weighted by Crippen LogP contribution is 2.32. The van der Waals surface area contributed by atoms with Crippen molar-refractivity contribution in [3.05, 3.63) is 18.2 Å². The van der Waals surface area contributed by atoms with Crippen molar-refractivity contribution in [1.29, 1.82) is 5.41 Å². The Hall–Kier alpha value is -1.80. The molecule has 0 atom stereocenters. The maximum atomic E-state index is 12.0. The standard InChI is InChI=1S/C11H15N3O4S/c12-11(13)3-4-14-19(15,16)8-1-2-9-10(7-8)18-6-5-17-9/h1-2,7,14H,3-6H2,(H3,12,13). The quantitative estimate of drug-likeness (QED) is 0.523. The van der Waals surface area contributed by atoms with Gasteiger partial charge in [0.1, 0.15) is 13.2 Å². The molecule has 1 aromatic rings. The molecule has 2 rings (SSSR count). The van der Waals surface area contributed by atoms with Gasteiger partial charge in [0.15, 0.2) is 11.5 Å². The van der Waals surface area contributed by atoms with E-state index in [2.05, 4.69) is 4.72 Å². The molecular formula is C11H15N3O4S. The third-order valence-electron chi connectivity index (χ3n) is 2.51. The SMILES string of the molecule is N=C(N)CCNS(=O)(=O)c1ccc2c(c1)OCCO2. The zero-order valence-electron chi connectivity index (χ0n) is 10.2. The van der Waals surface area contributed by atoms with E-state index < -0.39 is 10.0 Å². The Morgan fingerprint density at radius 2 is 2.00 bits per heavy atom. The number of hydrogen-bond donors (Lipinski definition) is 3. The minimum atomic E-state index is -3.63. The largest absolute Gasteiger partial charge is 0.486 e. The molecule has 1 aromatic carbocycles. The number of amidine groups is 1. The summed E-state index contributed by atoms with van der Waals surface area (Å²) in [6.07, 6.45) is 0.170. The molecule has 7 nitrogen and oxygen atoms in total. The Bertz CT molecular complexity index is 586. The van der Waals surface area contributed by atoms with Crippen molar-refractivity contribution in [1.82, 2.24) is 4.72 Å². The molecule has 8 heteroatoms. The topological polar surface area (TPSA) is 114 Å². The van der Waals surface area contributed by atoms with Crippen molar-refractivity contribution in [2.24, 2.45) is 5.73 Å². The van der Waals surface area contributed by atoms with Gasteiger partial charge in [0, 0.05) is 19.0 Å². The smallest absolute Gasteiger partial charge is 0.240 e. The first-order chi connectivity index (χ1) is 8.99. The van der Waals surface area contributed by atoms with Gasteiger partial charge in [-0.2, -0.15) is 0 Å². The molecule has 4 N–H and O–H groups in total. The Balaban J connectivity index is 2.14. The minimum Gasteiger partial charge on any atom is -0.486 e. The van der Waals surface area contributed by atoms with E-state index in [1.165, 1.54) is 12.1 Å². The summed E-state index contributed by atoms with van der Waals surface area (Å²) in [6, 6.07) is 4.43. The summed E-state index contributed by atoms with van der Waals surface area (Å²) in [5.74, 6) is 0.888. The molecule has 1 aliphatic heterocycles. The monoisotopic (exact) mass is 285 g/mol. The zero-order valence-corrected chi connectivity index (χ0v) is 11.0. The summed E-state index contributed by atoms with van der Waals surface area (Å²) in [5, 5.41) is 7.04. The van der Waals surface area contributed by atoms with Crippen LogP contribution >= 0.6 is 0 Å². The van der Waals surface area contributed by atoms with Crippen LogP contribution in [0.25, 0.3) is 0 Å². The van der Waals surface area contributed by atoms with Crippen LogP contribution in [0.1, 0.15) is 6.42 Å². The Morgan fingerprint density at radius 1 is 1.32 bits per heavy atom. The number of nitrogens with one attached hydrogen (secondary N) is 2. The summed E-state index contributed by atoms with van der Waals surface area (Å²) in [7, 11) is -3.63. The number of ether oxygens (including phenoxy) is 2. The lowest BCUT2D eigenvalue weighted by Gasteiger charge is -2.18. The van der Waals surface area contributed by atoms with Gasteiger partial charge in [0.25, 0.3) is 0 Å². The highest BCUT2D eigenvalue weighted by atomic mass is 32.2. The van der Waals surface area contributed by atoms with E-state index in [1.807, 2.05) is 0 Å². The van der Waals surface area contributed by atoms with E-state index in [9.17, 15) is 8.42 Å². The Morgan fingerprint density at radius 3 is 2.68 bits per heavy atom. The van der Waals surface area contributed by atoms with E-state index in [1.54, 1.807) is 6.07 Å². The fourth-order valence-electron chi connectivity index (χ4n) is 1.59. The fraction of sp³-hybridized carbons (Fsp3) is 0.364. The predicted octanol–water partition coefficient (Wildman–Crippen LogP) is 0.0622. The number of benzene rings is 1. The van der Waals surface area contributed by atoms with Crippen LogP contribution in [-0.4, -0.2) is 34.0 Å². The molecule has 0 saturated carbocycles. The van der Waals surface area contributed by atoms with E-state index in [0.717, 1.165) is 0 Å². The van der Waals surface area contributed by atoms with E-state index >= 15 is 0 Å². The molecule has 1 heterocycles. The van der Waals surface area contributed by atoms with Crippen LogP contribution in [0.15, 0.2) is 23.1 Å². The molecule has 0 spiro atoms. The number of rotatable bonds is 5. The summed E-state index contributed by atoms with van der Waals surface area (Å²) in [6.45, 7) is 0.941. The average molecular weight is 285 g/mol. The molecule has 0 radical (unpaired) electrons. The number of nitrogens with two attached hydrogens (primary N) is 1. The molecule has 0 amide bonds. The highest BCUT2D eigenvalue weighted by Gasteiger charge is 2.18. The van der Waals surface area contributed by atoms with Crippen LogP contribution < -0.4 is 19.9 Å². The van der Waals surface area contributed by atoms with Gasteiger partial charge in [-0.15, -0.1) is 0 Å². The first kappa shape index (κ1) is 13.6. The minimum absolute atomic E-state index is 0.0649. The third-order valence-corrected chi connectivity index (χ3v) is 3.97. The number of hydrogen-bond acceptors (Lipinski definition) is 5. The molecule has 0 unspecified atom stereocenters. The molecule has 1 aliphatic rings. The molecule has 19 heavy (non-hydrogen) atoms. The lowest BCUT2D eigenvalue weighted by Crippen LogP contribution is -2.28. The van der Waals surface area contributed by atoms with Crippen molar-refractivity contribution < 1.29 is 17.9 Å². The van der Waals surface area contributed by atoms with Gasteiger partial charge in [0.05, 0.1) is 10.7 Å². The summed E-state index contributed by atoms with van der Waals surface area (Å²) < 4.78 is 37.0. The second-order valence-electron chi connectivity index (χ2n) is 3.98. The van der Waals surface area contributed by atoms with Gasteiger partial charge in [-0.3, -0.25) is 5.41 Å². The van der Waals surface area contributed by atoms with Crippen LogP contribution in [0.2, 0.25) is 0 Å². The van der Waals surface area contributed by atoms with Gasteiger partial charge in [0.2, 0.25) is 10.0 Å². The van der Waals surface area contributed by atoms with Crippen LogP contribution in [0, 0.1) is 5.41 Å². The van der Waals surface area contributed by atoms with Gasteiger partial charge in [-0.25, -0.2) is 13.1 Å². The van der Waals surface area contributed by atoms with Gasteiger partial charge in [-0.1, -0.05) is 0 Å². The van der Waals surface area contributed by atoms with E-state index in [4.69, 9.17) is 20.6 Å². The maximum absolute atomic E-state index is 12.0. The third kappa shape index (κ3) is 3.36. The second-order valence-corrected chi connectivity index (χ2v) is 5.75. The van der Waals surface area contributed by atoms with E-state index in [0.29, 0.717) is 24.7 Å². The van der Waals surface area contributed by atoms with Crippen molar-refractivity contribution in [2.45, 2.75) is 11.3 Å². The first-order valence-electron chi connectivity index (χ1n) is 5.71. The first-order valence-corrected chi connectivity index (χ1v) is 7.19. The average Bonchev–Trinajstić information content (AvgIpc) is 2.37. The Kier molecular flexibility index (Phi) is 3.91. The zero-order chi connectivity index (χ0) is 13.9. The Labute approximate surface area is 111 Å². The van der Waals surface area contributed by atoms with Crippen molar-refractivity contribution in [3.8, 4) is 11.5 Å². The van der Waals surface area contributed by atoms with Crippen LogP contribution in [-0.2, 0) is 10.0 Å². The lowest BCUT2D eigenvalue weighted by molar-refractivity contribution is 0.171. The summed E-state index contributed by atoms with van der Waals surface area (Å²) in [4.78, 5) is 0.0975. The van der Waals surface area contributed by atoms with Crippen LogP contribution in [0.3, 0.4) is 0 Å². The molecule has 104 valence electrons. The maximum Gasteiger partial charge on any atom is 0.240 e. The van der Waals surface area contributed by atoms with Crippen molar-refractivity contribution in [3.63, 3.8) is 0 Å². The second kappa shape index (κ2) is 5.45. The van der Waals surface area contributed by atoms with Gasteiger partial charge < -0.3 is 15.2 Å². The normalized spacial score (nSPS) is 14.1. The predicted molar refractivity (Wildman–Crippen MR) is 69.2 cm³/mol. The van der Waals surface area contributed by atoms with Gasteiger partial charge >= 0.3 is 0 Å². The molecule has 0 aliphatic carbocycles. The molecule has 0 aromatic heterocycles. The lowest BCUT2D eigenvalue weighted by atomic mass is 10.3. The number of fused-ring (bicyclic) bond motifs is 1. The molecular weight excluding hydrogens is 270 g/mol. The highest BCUT2D eigenvalue weighted by molar-refractivity contribution is 7.89. The van der Waals surface area contributed by atoms with Crippen LogP contribution in [0.4, 0.5) is 0 Å². The van der Waals surface area contributed by atoms with Gasteiger partial charge in [-0.05, 0) is 12.1 Å². The van der Waals surface area contributed by atoms with E-state index in [-0.39, 0.29) is 23.7 Å². The fourth-order valence-corrected chi connectivity index (χ4v) is 2.64. The van der Waals surface area contributed by atoms with Crippen molar-refractivity contribution in [2.75, 3.05) is 19.8 Å². The summed E-state index contributed by atoms with van der Waals surface area (Å²) in [5.41, 5.74) is 5.16. The van der Waals surface area contributed by atoms with Crippen molar-refractivity contribution >= 4 is 15.9 Å². The number of sulfonamides is 1. The summed E-state index contributed by atoms with van der Waals surface area (Å²) >= 11 is 0. The molecule has 0 fully saturated rings.